The number of rotatable bonds is 2. The highest BCUT2D eigenvalue weighted by Gasteiger charge is 2.31. The van der Waals surface area contributed by atoms with Crippen LogP contribution in [0.5, 0.6) is 0 Å². The maximum atomic E-state index is 11.4. The number of esters is 1. The number of hydrogen-bond donors (Lipinski definition) is 1. The molecule has 1 fully saturated rings. The van der Waals surface area contributed by atoms with Crippen LogP contribution in [0.3, 0.4) is 0 Å². The van der Waals surface area contributed by atoms with E-state index in [4.69, 9.17) is 4.74 Å². The normalized spacial score (nSPS) is 30.2. The Bertz CT molecular complexity index is 260. The van der Waals surface area contributed by atoms with Crippen LogP contribution in [0.1, 0.15) is 32.6 Å². The van der Waals surface area contributed by atoms with Gasteiger partial charge in [0.05, 0.1) is 6.61 Å². The highest BCUT2D eigenvalue weighted by atomic mass is 16.5. The molecule has 0 aromatic carbocycles. The Morgan fingerprint density at radius 3 is 3.07 bits per heavy atom. The molecule has 78 valence electrons. The maximum Gasteiger partial charge on any atom is 0.354 e. The van der Waals surface area contributed by atoms with Gasteiger partial charge in [-0.15, -0.1) is 0 Å². The van der Waals surface area contributed by atoms with E-state index in [0.717, 1.165) is 0 Å². The van der Waals surface area contributed by atoms with E-state index in [-0.39, 0.29) is 5.97 Å². The molecule has 1 heterocycles. The van der Waals surface area contributed by atoms with Crippen molar-refractivity contribution in [3.05, 3.63) is 11.8 Å². The van der Waals surface area contributed by atoms with Crippen LogP contribution in [0.4, 0.5) is 0 Å². The van der Waals surface area contributed by atoms with Crippen molar-refractivity contribution in [2.75, 3.05) is 6.61 Å². The zero-order valence-electron chi connectivity index (χ0n) is 8.58. The van der Waals surface area contributed by atoms with Gasteiger partial charge in [0.1, 0.15) is 5.70 Å². The highest BCUT2D eigenvalue weighted by Crippen LogP contribution is 2.31. The largest absolute Gasteiger partial charge is 0.461 e. The minimum absolute atomic E-state index is 0.193. The fourth-order valence-electron chi connectivity index (χ4n) is 2.34. The van der Waals surface area contributed by atoms with Crippen molar-refractivity contribution in [1.29, 1.82) is 0 Å². The molecule has 1 aliphatic heterocycles. The Labute approximate surface area is 84.5 Å². The molecule has 14 heavy (non-hydrogen) atoms. The molecule has 2 unspecified atom stereocenters. The summed E-state index contributed by atoms with van der Waals surface area (Å²) in [7, 11) is 0. The first kappa shape index (κ1) is 9.56. The van der Waals surface area contributed by atoms with Crippen molar-refractivity contribution >= 4 is 5.97 Å². The summed E-state index contributed by atoms with van der Waals surface area (Å²) in [6, 6.07) is 0.489. The van der Waals surface area contributed by atoms with Crippen molar-refractivity contribution in [2.45, 2.75) is 38.6 Å². The molecule has 0 bridgehead atoms. The number of fused-ring (bicyclic) bond motifs is 1. The SMILES string of the molecule is CCOC(=O)C1=CC2CCCCC2N1. The van der Waals surface area contributed by atoms with Crippen LogP contribution >= 0.6 is 0 Å². The van der Waals surface area contributed by atoms with Gasteiger partial charge in [0.15, 0.2) is 0 Å². The van der Waals surface area contributed by atoms with E-state index >= 15 is 0 Å². The van der Waals surface area contributed by atoms with Crippen molar-refractivity contribution in [1.82, 2.24) is 5.32 Å². The van der Waals surface area contributed by atoms with E-state index in [1.165, 1.54) is 25.7 Å². The Hall–Kier alpha value is -0.990. The van der Waals surface area contributed by atoms with Crippen molar-refractivity contribution < 1.29 is 9.53 Å². The molecule has 1 saturated carbocycles. The van der Waals surface area contributed by atoms with Gasteiger partial charge in [0.2, 0.25) is 0 Å². The summed E-state index contributed by atoms with van der Waals surface area (Å²) in [5.41, 5.74) is 0.684. The summed E-state index contributed by atoms with van der Waals surface area (Å²) in [5, 5.41) is 3.26. The minimum Gasteiger partial charge on any atom is -0.461 e. The van der Waals surface area contributed by atoms with Crippen molar-refractivity contribution in [3.63, 3.8) is 0 Å². The molecule has 1 N–H and O–H groups in total. The molecular weight excluding hydrogens is 178 g/mol. The molecule has 2 aliphatic rings. The van der Waals surface area contributed by atoms with Gasteiger partial charge >= 0.3 is 5.97 Å². The van der Waals surface area contributed by atoms with Crippen LogP contribution in [-0.4, -0.2) is 18.6 Å². The number of carbonyl (C=O) groups is 1. The summed E-state index contributed by atoms with van der Waals surface area (Å²) in [6.07, 6.45) is 7.01. The first-order valence-electron chi connectivity index (χ1n) is 5.46. The standard InChI is InChI=1S/C11H17NO2/c1-2-14-11(13)10-7-8-5-3-4-6-9(8)12-10/h7-9,12H,2-6H2,1H3. The van der Waals surface area contributed by atoms with E-state index in [0.29, 0.717) is 24.3 Å². The van der Waals surface area contributed by atoms with Crippen LogP contribution in [0.25, 0.3) is 0 Å². The maximum absolute atomic E-state index is 11.4. The summed E-state index contributed by atoms with van der Waals surface area (Å²) in [4.78, 5) is 11.4. The second-order valence-electron chi connectivity index (χ2n) is 4.00. The van der Waals surface area contributed by atoms with Crippen LogP contribution in [0.15, 0.2) is 11.8 Å². The third-order valence-electron chi connectivity index (χ3n) is 3.04. The third-order valence-corrected chi connectivity index (χ3v) is 3.04. The second-order valence-corrected chi connectivity index (χ2v) is 4.00. The van der Waals surface area contributed by atoms with Crippen LogP contribution in [-0.2, 0) is 9.53 Å². The van der Waals surface area contributed by atoms with E-state index in [2.05, 4.69) is 11.4 Å². The van der Waals surface area contributed by atoms with Gasteiger partial charge < -0.3 is 10.1 Å². The fraction of sp³-hybridized carbons (Fsp3) is 0.727. The van der Waals surface area contributed by atoms with Crippen LogP contribution in [0.2, 0.25) is 0 Å². The smallest absolute Gasteiger partial charge is 0.354 e. The highest BCUT2D eigenvalue weighted by molar-refractivity contribution is 5.88. The molecule has 2 atom stereocenters. The fourth-order valence-corrected chi connectivity index (χ4v) is 2.34. The number of carbonyl (C=O) groups excluding carboxylic acids is 1. The summed E-state index contributed by atoms with van der Waals surface area (Å²) >= 11 is 0. The molecule has 0 spiro atoms. The minimum atomic E-state index is -0.193. The number of hydrogen-bond acceptors (Lipinski definition) is 3. The van der Waals surface area contributed by atoms with Gasteiger partial charge in [-0.2, -0.15) is 0 Å². The van der Waals surface area contributed by atoms with Gasteiger partial charge in [0, 0.05) is 6.04 Å². The van der Waals surface area contributed by atoms with E-state index in [1.807, 2.05) is 6.92 Å². The Balaban J connectivity index is 1.98. The van der Waals surface area contributed by atoms with E-state index in [9.17, 15) is 4.79 Å². The molecule has 0 radical (unpaired) electrons. The topological polar surface area (TPSA) is 38.3 Å². The lowest BCUT2D eigenvalue weighted by atomic mass is 9.86. The lowest BCUT2D eigenvalue weighted by molar-refractivity contribution is -0.138. The average Bonchev–Trinajstić information content (AvgIpc) is 2.61. The number of ether oxygens (including phenoxy) is 1. The molecule has 0 aromatic heterocycles. The van der Waals surface area contributed by atoms with Gasteiger partial charge in [-0.25, -0.2) is 4.79 Å². The zero-order chi connectivity index (χ0) is 9.97. The summed E-state index contributed by atoms with van der Waals surface area (Å²) in [6.45, 7) is 2.29. The molecule has 2 rings (SSSR count). The van der Waals surface area contributed by atoms with Crippen LogP contribution in [0, 0.1) is 5.92 Å². The Morgan fingerprint density at radius 2 is 2.36 bits per heavy atom. The zero-order valence-corrected chi connectivity index (χ0v) is 8.58. The summed E-state index contributed by atoms with van der Waals surface area (Å²) in [5.74, 6) is 0.366. The van der Waals surface area contributed by atoms with Crippen molar-refractivity contribution in [2.24, 2.45) is 5.92 Å². The molecule has 1 aliphatic carbocycles. The molecule has 0 aromatic rings. The molecular formula is C11H17NO2. The quantitative estimate of drug-likeness (QED) is 0.680. The van der Waals surface area contributed by atoms with E-state index < -0.39 is 0 Å². The average molecular weight is 195 g/mol. The van der Waals surface area contributed by atoms with Gasteiger partial charge in [0.25, 0.3) is 0 Å². The first-order chi connectivity index (χ1) is 6.81. The Morgan fingerprint density at radius 1 is 1.57 bits per heavy atom. The lowest BCUT2D eigenvalue weighted by Crippen LogP contribution is -2.32. The summed E-state index contributed by atoms with van der Waals surface area (Å²) < 4.78 is 4.96. The monoisotopic (exact) mass is 195 g/mol. The first-order valence-corrected chi connectivity index (χ1v) is 5.46. The third kappa shape index (κ3) is 1.76. The van der Waals surface area contributed by atoms with Gasteiger partial charge in [-0.1, -0.05) is 12.8 Å². The second kappa shape index (κ2) is 4.03. The molecule has 0 saturated heterocycles. The molecule has 3 nitrogen and oxygen atoms in total. The van der Waals surface area contributed by atoms with Gasteiger partial charge in [-0.05, 0) is 31.8 Å². The Kier molecular flexibility index (Phi) is 2.75. The van der Waals surface area contributed by atoms with Gasteiger partial charge in [-0.3, -0.25) is 0 Å². The van der Waals surface area contributed by atoms with E-state index in [1.54, 1.807) is 0 Å². The van der Waals surface area contributed by atoms with Crippen LogP contribution < -0.4 is 5.32 Å². The predicted molar refractivity (Wildman–Crippen MR) is 53.6 cm³/mol. The molecule has 3 heteroatoms. The molecule has 0 amide bonds. The van der Waals surface area contributed by atoms with Crippen molar-refractivity contribution in [3.8, 4) is 0 Å². The lowest BCUT2D eigenvalue weighted by Gasteiger charge is -2.24. The number of nitrogens with one attached hydrogen (secondary N) is 1. The predicted octanol–water partition coefficient (Wildman–Crippen LogP) is 1.60.